The van der Waals surface area contributed by atoms with Crippen LogP contribution in [-0.2, 0) is 4.79 Å². The predicted molar refractivity (Wildman–Crippen MR) is 185 cm³/mol. The number of aliphatic carboxylic acids is 1. The van der Waals surface area contributed by atoms with Crippen LogP contribution in [0.25, 0.3) is 22.9 Å². The van der Waals surface area contributed by atoms with Crippen molar-refractivity contribution in [3.05, 3.63) is 94.3 Å². The summed E-state index contributed by atoms with van der Waals surface area (Å²) in [6.45, 7) is 0.595. The monoisotopic (exact) mass is 726 g/mol. The lowest BCUT2D eigenvalue weighted by molar-refractivity contribution is -0.139. The number of nitrogens with one attached hydrogen (secondary N) is 2. The van der Waals surface area contributed by atoms with Gasteiger partial charge in [-0.1, -0.05) is 38.1 Å². The molecule has 0 unspecified atom stereocenters. The fourth-order valence-corrected chi connectivity index (χ4v) is 6.13. The molecule has 3 heterocycles. The largest absolute Gasteiger partial charge is 0.481 e. The summed E-state index contributed by atoms with van der Waals surface area (Å²) in [4.78, 5) is 37.2. The van der Waals surface area contributed by atoms with Gasteiger partial charge in [-0.25, -0.2) is 23.7 Å². The first kappa shape index (κ1) is 37.9. The standard InChI is InChI=1S/C36H38F4N6O6/c1-19(2)32-28(10-9-25(47)13-26(48)14-31(49)50)29(20-3-5-21(37)6-4-20)18-46(34(32)51)24-12-30(38)33(41-15-24)44-22-7-8-23(11-22)45-36-42-16-27(17-43-36)52-35(39)40/h3-6,9-10,12,15-19,22-23,25-26,35,47-48H,7-8,11,13-14H2,1-2H3,(H,41,44)(H,49,50)(H,42,43,45)/b10-9+/t22-,23-,25+,26+/m0/s1. The zero-order valence-electron chi connectivity index (χ0n) is 28.2. The van der Waals surface area contributed by atoms with E-state index < -0.39 is 48.4 Å². The number of halogens is 4. The second kappa shape index (κ2) is 16.8. The van der Waals surface area contributed by atoms with Crippen molar-refractivity contribution in [3.63, 3.8) is 0 Å². The molecule has 0 spiro atoms. The maximum absolute atomic E-state index is 15.6. The van der Waals surface area contributed by atoms with E-state index in [9.17, 15) is 33.0 Å². The Balaban J connectivity index is 1.39. The lowest BCUT2D eigenvalue weighted by Crippen LogP contribution is -2.26. The number of aliphatic hydroxyl groups is 2. The number of hydrogen-bond donors (Lipinski definition) is 5. The highest BCUT2D eigenvalue weighted by Crippen LogP contribution is 2.32. The maximum atomic E-state index is 15.6. The number of alkyl halides is 2. The number of pyridine rings is 2. The van der Waals surface area contributed by atoms with Crippen LogP contribution < -0.4 is 20.9 Å². The number of rotatable bonds is 15. The number of aliphatic hydroxyl groups excluding tert-OH is 2. The van der Waals surface area contributed by atoms with E-state index in [0.29, 0.717) is 41.5 Å². The minimum absolute atomic E-state index is 0.0198. The molecule has 0 amide bonds. The number of aromatic nitrogens is 4. The average Bonchev–Trinajstić information content (AvgIpc) is 3.51. The molecule has 4 atom stereocenters. The number of benzene rings is 1. The van der Waals surface area contributed by atoms with E-state index >= 15 is 4.39 Å². The summed E-state index contributed by atoms with van der Waals surface area (Å²) in [6.07, 6.45) is 6.55. The molecular formula is C36H38F4N6O6. The van der Waals surface area contributed by atoms with Gasteiger partial charge in [0.25, 0.3) is 5.56 Å². The number of carbonyl (C=O) groups is 1. The number of nitrogens with zero attached hydrogens (tertiary/aromatic N) is 4. The molecule has 3 aromatic heterocycles. The molecule has 1 aliphatic carbocycles. The molecule has 0 radical (unpaired) electrons. The molecule has 52 heavy (non-hydrogen) atoms. The summed E-state index contributed by atoms with van der Waals surface area (Å²) in [6, 6.07) is 6.48. The van der Waals surface area contributed by atoms with E-state index in [1.807, 2.05) is 0 Å². The van der Waals surface area contributed by atoms with E-state index in [1.165, 1.54) is 59.4 Å². The Hall–Kier alpha value is -5.35. The van der Waals surface area contributed by atoms with E-state index in [-0.39, 0.29) is 47.6 Å². The van der Waals surface area contributed by atoms with E-state index in [4.69, 9.17) is 5.11 Å². The third-order valence-corrected chi connectivity index (χ3v) is 8.49. The van der Waals surface area contributed by atoms with Crippen molar-refractivity contribution in [2.24, 2.45) is 0 Å². The zero-order chi connectivity index (χ0) is 37.5. The van der Waals surface area contributed by atoms with Gasteiger partial charge < -0.3 is 30.7 Å². The molecule has 5 rings (SSSR count). The SMILES string of the molecule is CC(C)c1c(/C=C/[C@@H](O)C[C@@H](O)CC(=O)O)c(-c2ccc(F)cc2)cn(-c2cnc(N[C@H]3CC[C@H](Nc4ncc(OC(F)F)cn4)C3)c(F)c2)c1=O. The fraction of sp³-hybridized carbons (Fsp3) is 0.361. The van der Waals surface area contributed by atoms with Crippen molar-refractivity contribution in [3.8, 4) is 22.6 Å². The van der Waals surface area contributed by atoms with Crippen LogP contribution in [0, 0.1) is 11.6 Å². The van der Waals surface area contributed by atoms with Crippen LogP contribution in [0.15, 0.2) is 66.0 Å². The Bertz CT molecular complexity index is 1940. The highest BCUT2D eigenvalue weighted by Gasteiger charge is 2.27. The van der Waals surface area contributed by atoms with Crippen LogP contribution in [0.5, 0.6) is 5.75 Å². The average molecular weight is 727 g/mol. The Morgan fingerprint density at radius 1 is 1.04 bits per heavy atom. The highest BCUT2D eigenvalue weighted by molar-refractivity contribution is 5.77. The zero-order valence-corrected chi connectivity index (χ0v) is 28.2. The highest BCUT2D eigenvalue weighted by atomic mass is 19.3. The molecule has 16 heteroatoms. The topological polar surface area (TPSA) is 172 Å². The molecule has 5 N–H and O–H groups in total. The number of hydrogen-bond acceptors (Lipinski definition) is 10. The summed E-state index contributed by atoms with van der Waals surface area (Å²) in [5, 5.41) is 35.7. The first-order valence-electron chi connectivity index (χ1n) is 16.5. The third-order valence-electron chi connectivity index (χ3n) is 8.49. The Kier molecular flexibility index (Phi) is 12.2. The number of ether oxygens (including phenoxy) is 1. The van der Waals surface area contributed by atoms with E-state index in [2.05, 4.69) is 30.3 Å². The first-order chi connectivity index (χ1) is 24.8. The van der Waals surface area contributed by atoms with Gasteiger partial charge in [-0.3, -0.25) is 14.2 Å². The summed E-state index contributed by atoms with van der Waals surface area (Å²) < 4.78 is 59.8. The second-order valence-electron chi connectivity index (χ2n) is 12.8. The fourth-order valence-electron chi connectivity index (χ4n) is 6.13. The molecule has 0 aliphatic heterocycles. The van der Waals surface area contributed by atoms with Gasteiger partial charge in [0.2, 0.25) is 5.95 Å². The maximum Gasteiger partial charge on any atom is 0.387 e. The van der Waals surface area contributed by atoms with Crippen LogP contribution in [0.3, 0.4) is 0 Å². The van der Waals surface area contributed by atoms with Crippen LogP contribution in [0.4, 0.5) is 29.3 Å². The van der Waals surface area contributed by atoms with Crippen LogP contribution >= 0.6 is 0 Å². The molecule has 276 valence electrons. The molecule has 1 fully saturated rings. The Morgan fingerprint density at radius 3 is 2.33 bits per heavy atom. The smallest absolute Gasteiger partial charge is 0.387 e. The van der Waals surface area contributed by atoms with Gasteiger partial charge in [-0.05, 0) is 48.4 Å². The molecular weight excluding hydrogens is 688 g/mol. The Morgan fingerprint density at radius 2 is 1.71 bits per heavy atom. The summed E-state index contributed by atoms with van der Waals surface area (Å²) in [5.74, 6) is -2.73. The predicted octanol–water partition coefficient (Wildman–Crippen LogP) is 5.74. The van der Waals surface area contributed by atoms with Crippen molar-refractivity contribution in [1.29, 1.82) is 0 Å². The summed E-state index contributed by atoms with van der Waals surface area (Å²) >= 11 is 0. The van der Waals surface area contributed by atoms with Crippen LogP contribution in [-0.4, -0.2) is 71.7 Å². The summed E-state index contributed by atoms with van der Waals surface area (Å²) in [7, 11) is 0. The quantitative estimate of drug-likeness (QED) is 0.0947. The molecule has 0 saturated heterocycles. The molecule has 1 aliphatic rings. The Labute approximate surface area is 295 Å². The second-order valence-corrected chi connectivity index (χ2v) is 12.8. The van der Waals surface area contributed by atoms with Gasteiger partial charge >= 0.3 is 12.6 Å². The lowest BCUT2D eigenvalue weighted by atomic mass is 9.91. The van der Waals surface area contributed by atoms with Crippen molar-refractivity contribution in [2.45, 2.75) is 82.8 Å². The van der Waals surface area contributed by atoms with Gasteiger partial charge in [0, 0.05) is 41.9 Å². The molecule has 4 aromatic rings. The van der Waals surface area contributed by atoms with Crippen molar-refractivity contribution >= 4 is 23.8 Å². The van der Waals surface area contributed by atoms with E-state index in [0.717, 1.165) is 12.4 Å². The molecule has 1 aromatic carbocycles. The van der Waals surface area contributed by atoms with Crippen molar-refractivity contribution in [1.82, 2.24) is 19.5 Å². The number of carboxylic acid groups (broad SMARTS) is 1. The van der Waals surface area contributed by atoms with Gasteiger partial charge in [0.05, 0.1) is 42.9 Å². The molecule has 12 nitrogen and oxygen atoms in total. The molecule has 0 bridgehead atoms. The minimum atomic E-state index is -2.99. The third kappa shape index (κ3) is 9.70. The molecule has 1 saturated carbocycles. The lowest BCUT2D eigenvalue weighted by Gasteiger charge is -2.20. The van der Waals surface area contributed by atoms with Crippen LogP contribution in [0.1, 0.15) is 63.0 Å². The number of carboxylic acids is 1. The van der Waals surface area contributed by atoms with Crippen molar-refractivity contribution < 1.29 is 42.4 Å². The van der Waals surface area contributed by atoms with Gasteiger partial charge in [0.15, 0.2) is 17.4 Å². The first-order valence-corrected chi connectivity index (χ1v) is 16.5. The van der Waals surface area contributed by atoms with Crippen LogP contribution in [0.2, 0.25) is 0 Å². The minimum Gasteiger partial charge on any atom is -0.481 e. The summed E-state index contributed by atoms with van der Waals surface area (Å²) in [5.41, 5.74) is 1.36. The number of anilines is 2. The normalized spacial score (nSPS) is 17.1. The van der Waals surface area contributed by atoms with E-state index in [1.54, 1.807) is 13.8 Å². The van der Waals surface area contributed by atoms with Crippen molar-refractivity contribution in [2.75, 3.05) is 10.6 Å². The van der Waals surface area contributed by atoms with Gasteiger partial charge in [0.1, 0.15) is 5.82 Å². The van der Waals surface area contributed by atoms with Gasteiger partial charge in [-0.15, -0.1) is 0 Å². The van der Waals surface area contributed by atoms with Gasteiger partial charge in [-0.2, -0.15) is 8.78 Å².